The van der Waals surface area contributed by atoms with Gasteiger partial charge in [-0.25, -0.2) is 9.97 Å². The maximum atomic E-state index is 12.5. The zero-order chi connectivity index (χ0) is 19.7. The summed E-state index contributed by atoms with van der Waals surface area (Å²) in [6.45, 7) is 3.41. The Hall–Kier alpha value is -3.16. The van der Waals surface area contributed by atoms with E-state index < -0.39 is 5.60 Å². The van der Waals surface area contributed by atoms with Gasteiger partial charge in [-0.1, -0.05) is 23.5 Å². The quantitative estimate of drug-likeness (QED) is 0.544. The number of thiazole rings is 1. The third-order valence-electron chi connectivity index (χ3n) is 4.31. The van der Waals surface area contributed by atoms with Crippen LogP contribution < -0.4 is 5.32 Å². The highest BCUT2D eigenvalue weighted by Gasteiger charge is 2.17. The minimum atomic E-state index is -0.944. The van der Waals surface area contributed by atoms with Crippen LogP contribution in [0.1, 0.15) is 29.8 Å². The number of carbonyl (C=O) groups is 1. The Morgan fingerprint density at radius 2 is 1.71 bits per heavy atom. The van der Waals surface area contributed by atoms with Crippen molar-refractivity contribution in [2.45, 2.75) is 19.4 Å². The lowest BCUT2D eigenvalue weighted by molar-refractivity contribution is 0.0785. The summed E-state index contributed by atoms with van der Waals surface area (Å²) in [6.07, 6.45) is 3.45. The van der Waals surface area contributed by atoms with E-state index in [0.717, 1.165) is 27.2 Å². The van der Waals surface area contributed by atoms with Gasteiger partial charge in [0.1, 0.15) is 10.3 Å². The average Bonchev–Trinajstić information content (AvgIpc) is 3.09. The molecule has 0 saturated heterocycles. The van der Waals surface area contributed by atoms with Crippen LogP contribution in [0.15, 0.2) is 60.9 Å². The lowest BCUT2D eigenvalue weighted by Gasteiger charge is -2.17. The molecule has 3 heterocycles. The predicted octanol–water partition coefficient (Wildman–Crippen LogP) is 4.23. The fourth-order valence-corrected chi connectivity index (χ4v) is 3.59. The summed E-state index contributed by atoms with van der Waals surface area (Å²) in [7, 11) is 0. The molecule has 4 rings (SSSR count). The number of pyridine rings is 2. The van der Waals surface area contributed by atoms with Crippen LogP contribution in [-0.4, -0.2) is 26.0 Å². The molecular formula is C21H18N4O2S. The normalized spacial score (nSPS) is 11.5. The van der Waals surface area contributed by atoms with Gasteiger partial charge < -0.3 is 5.11 Å². The van der Waals surface area contributed by atoms with E-state index in [1.807, 2.05) is 24.3 Å². The molecular weight excluding hydrogens is 372 g/mol. The molecule has 0 unspecified atom stereocenters. The first-order valence-corrected chi connectivity index (χ1v) is 9.54. The predicted molar refractivity (Wildman–Crippen MR) is 110 cm³/mol. The number of nitrogens with one attached hydrogen (secondary N) is 1. The third-order valence-corrected chi connectivity index (χ3v) is 5.19. The molecule has 0 radical (unpaired) electrons. The number of rotatable bonds is 4. The summed E-state index contributed by atoms with van der Waals surface area (Å²) in [5.74, 6) is -0.254. The lowest BCUT2D eigenvalue weighted by atomic mass is 9.97. The first-order chi connectivity index (χ1) is 13.4. The Morgan fingerprint density at radius 3 is 2.39 bits per heavy atom. The fraction of sp³-hybridized carbons (Fsp3) is 0.143. The van der Waals surface area contributed by atoms with Gasteiger partial charge in [0.15, 0.2) is 5.13 Å². The molecule has 0 aliphatic heterocycles. The number of benzene rings is 1. The largest absolute Gasteiger partial charge is 0.386 e. The van der Waals surface area contributed by atoms with Crippen molar-refractivity contribution in [3.05, 3.63) is 72.1 Å². The van der Waals surface area contributed by atoms with E-state index in [1.165, 1.54) is 11.3 Å². The molecule has 0 spiro atoms. The molecule has 7 heteroatoms. The van der Waals surface area contributed by atoms with Crippen molar-refractivity contribution in [2.75, 3.05) is 5.32 Å². The van der Waals surface area contributed by atoms with Crippen LogP contribution in [0.3, 0.4) is 0 Å². The van der Waals surface area contributed by atoms with E-state index in [2.05, 4.69) is 20.3 Å². The molecule has 140 valence electrons. The van der Waals surface area contributed by atoms with Gasteiger partial charge in [-0.15, -0.1) is 0 Å². The smallest absolute Gasteiger partial charge is 0.257 e. The topological polar surface area (TPSA) is 88.0 Å². The van der Waals surface area contributed by atoms with E-state index >= 15 is 0 Å². The maximum absolute atomic E-state index is 12.5. The molecule has 2 N–H and O–H groups in total. The minimum absolute atomic E-state index is 0.254. The lowest BCUT2D eigenvalue weighted by Crippen LogP contribution is -2.16. The second-order valence-corrected chi connectivity index (χ2v) is 7.84. The van der Waals surface area contributed by atoms with Crippen molar-refractivity contribution >= 4 is 32.7 Å². The molecule has 3 aromatic heterocycles. The highest BCUT2D eigenvalue weighted by molar-refractivity contribution is 7.22. The molecule has 0 bridgehead atoms. The van der Waals surface area contributed by atoms with E-state index in [9.17, 15) is 9.90 Å². The van der Waals surface area contributed by atoms with Crippen LogP contribution in [0.4, 0.5) is 5.13 Å². The van der Waals surface area contributed by atoms with Gasteiger partial charge in [0.2, 0.25) is 0 Å². The number of nitrogens with zero attached hydrogens (tertiary/aromatic N) is 3. The summed E-state index contributed by atoms with van der Waals surface area (Å²) >= 11 is 1.33. The van der Waals surface area contributed by atoms with Crippen molar-refractivity contribution in [1.29, 1.82) is 0 Å². The van der Waals surface area contributed by atoms with Gasteiger partial charge in [0.05, 0.1) is 11.3 Å². The average molecular weight is 390 g/mol. The molecule has 1 amide bonds. The summed E-state index contributed by atoms with van der Waals surface area (Å²) < 4.78 is 0. The minimum Gasteiger partial charge on any atom is -0.386 e. The molecule has 4 aromatic rings. The number of fused-ring (bicyclic) bond motifs is 1. The molecule has 0 aliphatic carbocycles. The molecule has 0 fully saturated rings. The third kappa shape index (κ3) is 3.76. The van der Waals surface area contributed by atoms with E-state index in [-0.39, 0.29) is 5.91 Å². The van der Waals surface area contributed by atoms with Crippen molar-refractivity contribution in [3.63, 3.8) is 0 Å². The van der Waals surface area contributed by atoms with Gasteiger partial charge in [-0.2, -0.15) is 0 Å². The first kappa shape index (κ1) is 18.2. The van der Waals surface area contributed by atoms with Crippen LogP contribution in [-0.2, 0) is 5.60 Å². The number of aliphatic hydroxyl groups is 1. The van der Waals surface area contributed by atoms with Crippen LogP contribution in [0.5, 0.6) is 0 Å². The molecule has 0 saturated carbocycles. The SMILES string of the molecule is CC(C)(O)c1ccc(C(=O)Nc2nc3ccc(-c4ccncc4)nc3s2)cc1. The number of carbonyl (C=O) groups excluding carboxylic acids is 1. The molecule has 28 heavy (non-hydrogen) atoms. The summed E-state index contributed by atoms with van der Waals surface area (Å²) in [4.78, 5) is 26.4. The number of aromatic nitrogens is 3. The monoisotopic (exact) mass is 390 g/mol. The standard InChI is InChI=1S/C21H18N4O2S/c1-21(2,27)15-5-3-14(4-6-15)18(26)25-20-24-17-8-7-16(23-19(17)28-20)13-9-11-22-12-10-13/h3-12,27H,1-2H3,(H,24,25,26). The summed E-state index contributed by atoms with van der Waals surface area (Å²) in [5, 5.41) is 13.3. The zero-order valence-corrected chi connectivity index (χ0v) is 16.2. The van der Waals surface area contributed by atoms with Gasteiger partial charge in [-0.3, -0.25) is 15.1 Å². The second kappa shape index (κ2) is 7.10. The zero-order valence-electron chi connectivity index (χ0n) is 15.4. The Morgan fingerprint density at radius 1 is 1.00 bits per heavy atom. The van der Waals surface area contributed by atoms with Gasteiger partial charge in [0.25, 0.3) is 5.91 Å². The molecule has 6 nitrogen and oxygen atoms in total. The summed E-state index contributed by atoms with van der Waals surface area (Å²) in [5.41, 5.74) is 2.84. The first-order valence-electron chi connectivity index (χ1n) is 8.72. The van der Waals surface area contributed by atoms with Crippen molar-refractivity contribution in [2.24, 2.45) is 0 Å². The highest BCUT2D eigenvalue weighted by atomic mass is 32.1. The van der Waals surface area contributed by atoms with Crippen LogP contribution in [0.2, 0.25) is 0 Å². The number of anilines is 1. The molecule has 0 atom stereocenters. The van der Waals surface area contributed by atoms with Crippen LogP contribution in [0, 0.1) is 0 Å². The Bertz CT molecular complexity index is 1130. The second-order valence-electron chi connectivity index (χ2n) is 6.87. The van der Waals surface area contributed by atoms with E-state index in [1.54, 1.807) is 50.5 Å². The Labute approximate surface area is 165 Å². The molecule has 1 aromatic carbocycles. The maximum Gasteiger partial charge on any atom is 0.257 e. The summed E-state index contributed by atoms with van der Waals surface area (Å²) in [6, 6.07) is 14.5. The van der Waals surface area contributed by atoms with E-state index in [0.29, 0.717) is 10.7 Å². The highest BCUT2D eigenvalue weighted by Crippen LogP contribution is 2.28. The van der Waals surface area contributed by atoms with E-state index in [4.69, 9.17) is 0 Å². The fourth-order valence-electron chi connectivity index (χ4n) is 2.75. The molecule has 0 aliphatic rings. The van der Waals surface area contributed by atoms with Crippen molar-refractivity contribution in [1.82, 2.24) is 15.0 Å². The number of hydrogen-bond donors (Lipinski definition) is 2. The number of amides is 1. The van der Waals surface area contributed by atoms with Crippen molar-refractivity contribution < 1.29 is 9.90 Å². The van der Waals surface area contributed by atoms with Gasteiger partial charge in [0, 0.05) is 23.5 Å². The Kier molecular flexibility index (Phi) is 4.62. The number of hydrogen-bond acceptors (Lipinski definition) is 6. The Balaban J connectivity index is 1.55. The van der Waals surface area contributed by atoms with Crippen LogP contribution in [0.25, 0.3) is 21.6 Å². The van der Waals surface area contributed by atoms with Gasteiger partial charge in [-0.05, 0) is 55.8 Å². The van der Waals surface area contributed by atoms with Crippen LogP contribution >= 0.6 is 11.3 Å². The van der Waals surface area contributed by atoms with Gasteiger partial charge >= 0.3 is 0 Å². The van der Waals surface area contributed by atoms with Crippen molar-refractivity contribution in [3.8, 4) is 11.3 Å².